The van der Waals surface area contributed by atoms with E-state index in [0.29, 0.717) is 6.54 Å². The molecule has 0 saturated heterocycles. The van der Waals surface area contributed by atoms with Crippen LogP contribution in [0.3, 0.4) is 0 Å². The van der Waals surface area contributed by atoms with Gasteiger partial charge in [-0.2, -0.15) is 0 Å². The van der Waals surface area contributed by atoms with Crippen molar-refractivity contribution in [2.75, 3.05) is 14.1 Å². The van der Waals surface area contributed by atoms with Gasteiger partial charge < -0.3 is 10.2 Å². The minimum Gasteiger partial charge on any atom is -0.347 e. The summed E-state index contributed by atoms with van der Waals surface area (Å²) in [5.74, 6) is 0.0120. The van der Waals surface area contributed by atoms with Crippen molar-refractivity contribution < 1.29 is 4.79 Å². The zero-order valence-corrected chi connectivity index (χ0v) is 17.0. The van der Waals surface area contributed by atoms with Crippen molar-refractivity contribution in [3.8, 4) is 11.1 Å². The Balaban J connectivity index is 1.75. The predicted octanol–water partition coefficient (Wildman–Crippen LogP) is 4.97. The lowest BCUT2D eigenvalue weighted by molar-refractivity contribution is 0.0954. The first-order chi connectivity index (χ1) is 13.1. The van der Waals surface area contributed by atoms with Crippen molar-refractivity contribution in [3.63, 3.8) is 0 Å². The molecule has 27 heavy (non-hydrogen) atoms. The van der Waals surface area contributed by atoms with Crippen molar-refractivity contribution in [2.45, 2.75) is 26.4 Å². The SMILES string of the molecule is CCc1ccsc1C(=O)NCc1ccccc1-c1ccc(CN(C)C)cc1. The van der Waals surface area contributed by atoms with Crippen LogP contribution in [0.15, 0.2) is 60.0 Å². The molecule has 0 unspecified atom stereocenters. The first-order valence-corrected chi connectivity index (χ1v) is 10.1. The number of carbonyl (C=O) groups excluding carboxylic acids is 1. The number of benzene rings is 2. The Morgan fingerprint density at radius 2 is 1.74 bits per heavy atom. The van der Waals surface area contributed by atoms with E-state index < -0.39 is 0 Å². The second kappa shape index (κ2) is 8.98. The summed E-state index contributed by atoms with van der Waals surface area (Å²) in [5.41, 5.74) is 5.87. The van der Waals surface area contributed by atoms with Crippen LogP contribution in [-0.4, -0.2) is 24.9 Å². The summed E-state index contributed by atoms with van der Waals surface area (Å²) in [6, 6.07) is 19.0. The molecule has 1 aromatic heterocycles. The molecule has 140 valence electrons. The topological polar surface area (TPSA) is 32.3 Å². The van der Waals surface area contributed by atoms with Gasteiger partial charge in [0, 0.05) is 13.1 Å². The fourth-order valence-electron chi connectivity index (χ4n) is 3.18. The van der Waals surface area contributed by atoms with Crippen molar-refractivity contribution in [1.82, 2.24) is 10.2 Å². The fraction of sp³-hybridized carbons (Fsp3) is 0.261. The molecule has 1 amide bonds. The van der Waals surface area contributed by atoms with Crippen LogP contribution in [0.4, 0.5) is 0 Å². The van der Waals surface area contributed by atoms with Gasteiger partial charge in [-0.3, -0.25) is 4.79 Å². The normalized spacial score (nSPS) is 11.0. The molecule has 4 heteroatoms. The minimum absolute atomic E-state index is 0.0120. The summed E-state index contributed by atoms with van der Waals surface area (Å²) >= 11 is 1.51. The number of hydrogen-bond acceptors (Lipinski definition) is 3. The lowest BCUT2D eigenvalue weighted by Gasteiger charge is -2.13. The molecule has 1 heterocycles. The summed E-state index contributed by atoms with van der Waals surface area (Å²) in [6.07, 6.45) is 0.877. The molecule has 0 aliphatic rings. The Morgan fingerprint density at radius 1 is 1.00 bits per heavy atom. The van der Waals surface area contributed by atoms with Crippen LogP contribution >= 0.6 is 11.3 Å². The smallest absolute Gasteiger partial charge is 0.261 e. The number of rotatable bonds is 7. The van der Waals surface area contributed by atoms with E-state index in [1.54, 1.807) is 0 Å². The molecule has 2 aromatic carbocycles. The standard InChI is InChI=1S/C23H26N2OS/c1-4-18-13-14-27-22(18)23(26)24-15-20-7-5-6-8-21(20)19-11-9-17(10-12-19)16-25(2)3/h5-14H,4,15-16H2,1-3H3,(H,24,26). The maximum Gasteiger partial charge on any atom is 0.261 e. The van der Waals surface area contributed by atoms with Gasteiger partial charge in [0.15, 0.2) is 0 Å². The molecule has 0 saturated carbocycles. The van der Waals surface area contributed by atoms with Crippen LogP contribution < -0.4 is 5.32 Å². The van der Waals surface area contributed by atoms with Gasteiger partial charge in [-0.25, -0.2) is 0 Å². The second-order valence-electron chi connectivity index (χ2n) is 6.90. The van der Waals surface area contributed by atoms with E-state index in [1.165, 1.54) is 22.5 Å². The molecule has 0 aliphatic carbocycles. The number of thiophene rings is 1. The van der Waals surface area contributed by atoms with E-state index in [-0.39, 0.29) is 5.91 Å². The highest BCUT2D eigenvalue weighted by molar-refractivity contribution is 7.12. The molecule has 0 fully saturated rings. The van der Waals surface area contributed by atoms with Crippen LogP contribution in [0.1, 0.15) is 33.3 Å². The quantitative estimate of drug-likeness (QED) is 0.629. The van der Waals surface area contributed by atoms with Crippen LogP contribution in [-0.2, 0) is 19.5 Å². The third-order valence-electron chi connectivity index (χ3n) is 4.55. The molecular weight excluding hydrogens is 352 g/mol. The summed E-state index contributed by atoms with van der Waals surface area (Å²) in [6.45, 7) is 3.53. The van der Waals surface area contributed by atoms with Crippen LogP contribution in [0.5, 0.6) is 0 Å². The molecule has 3 aromatic rings. The van der Waals surface area contributed by atoms with Gasteiger partial charge in [0.2, 0.25) is 0 Å². The maximum absolute atomic E-state index is 12.5. The molecule has 1 N–H and O–H groups in total. The fourth-order valence-corrected chi connectivity index (χ4v) is 4.09. The van der Waals surface area contributed by atoms with Gasteiger partial charge in [-0.05, 0) is 59.8 Å². The van der Waals surface area contributed by atoms with Crippen molar-refractivity contribution >= 4 is 17.2 Å². The lowest BCUT2D eigenvalue weighted by atomic mass is 9.98. The molecule has 3 rings (SSSR count). The van der Waals surface area contributed by atoms with Crippen LogP contribution in [0.2, 0.25) is 0 Å². The predicted molar refractivity (Wildman–Crippen MR) is 114 cm³/mol. The first kappa shape index (κ1) is 19.3. The highest BCUT2D eigenvalue weighted by atomic mass is 32.1. The number of amides is 1. The zero-order valence-electron chi connectivity index (χ0n) is 16.2. The second-order valence-corrected chi connectivity index (χ2v) is 7.82. The number of aryl methyl sites for hydroxylation is 1. The van der Waals surface area contributed by atoms with Gasteiger partial charge in [-0.1, -0.05) is 55.5 Å². The lowest BCUT2D eigenvalue weighted by Crippen LogP contribution is -2.23. The Kier molecular flexibility index (Phi) is 6.43. The van der Waals surface area contributed by atoms with Crippen molar-refractivity contribution in [3.05, 3.63) is 81.5 Å². The molecule has 0 spiro atoms. The molecule has 0 bridgehead atoms. The summed E-state index contributed by atoms with van der Waals surface area (Å²) in [4.78, 5) is 15.5. The summed E-state index contributed by atoms with van der Waals surface area (Å²) in [7, 11) is 4.15. The molecule has 0 radical (unpaired) electrons. The maximum atomic E-state index is 12.5. The van der Waals surface area contributed by atoms with Crippen LogP contribution in [0, 0.1) is 0 Å². The molecule has 0 aliphatic heterocycles. The molecule has 0 atom stereocenters. The molecule has 3 nitrogen and oxygen atoms in total. The highest BCUT2D eigenvalue weighted by Gasteiger charge is 2.13. The van der Waals surface area contributed by atoms with Crippen molar-refractivity contribution in [2.24, 2.45) is 0 Å². The summed E-state index contributed by atoms with van der Waals surface area (Å²) < 4.78 is 0. The highest BCUT2D eigenvalue weighted by Crippen LogP contribution is 2.25. The van der Waals surface area contributed by atoms with Crippen LogP contribution in [0.25, 0.3) is 11.1 Å². The van der Waals surface area contributed by atoms with Gasteiger partial charge in [0.25, 0.3) is 5.91 Å². The number of hydrogen-bond donors (Lipinski definition) is 1. The van der Waals surface area contributed by atoms with Crippen molar-refractivity contribution in [1.29, 1.82) is 0 Å². The van der Waals surface area contributed by atoms with Gasteiger partial charge in [0.05, 0.1) is 4.88 Å². The monoisotopic (exact) mass is 378 g/mol. The third kappa shape index (κ3) is 4.85. The number of nitrogens with one attached hydrogen (secondary N) is 1. The van der Waals surface area contributed by atoms with Gasteiger partial charge in [-0.15, -0.1) is 11.3 Å². The average Bonchev–Trinajstić information content (AvgIpc) is 3.15. The Labute approximate surface area is 165 Å². The average molecular weight is 379 g/mol. The number of nitrogens with zero attached hydrogens (tertiary/aromatic N) is 1. The first-order valence-electron chi connectivity index (χ1n) is 9.25. The van der Waals surface area contributed by atoms with Gasteiger partial charge >= 0.3 is 0 Å². The minimum atomic E-state index is 0.0120. The zero-order chi connectivity index (χ0) is 19.2. The number of carbonyl (C=O) groups is 1. The van der Waals surface area contributed by atoms with Gasteiger partial charge in [0.1, 0.15) is 0 Å². The van der Waals surface area contributed by atoms with E-state index in [4.69, 9.17) is 0 Å². The van der Waals surface area contributed by atoms with E-state index in [0.717, 1.165) is 34.5 Å². The Bertz CT molecular complexity index is 897. The third-order valence-corrected chi connectivity index (χ3v) is 5.51. The molecular formula is C23H26N2OS. The summed E-state index contributed by atoms with van der Waals surface area (Å²) in [5, 5.41) is 5.07. The Morgan fingerprint density at radius 3 is 2.44 bits per heavy atom. The Hall–Kier alpha value is -2.43. The van der Waals surface area contributed by atoms with E-state index in [1.807, 2.05) is 23.6 Å². The van der Waals surface area contributed by atoms with E-state index >= 15 is 0 Å². The van der Waals surface area contributed by atoms with E-state index in [9.17, 15) is 4.79 Å². The van der Waals surface area contributed by atoms with E-state index in [2.05, 4.69) is 67.6 Å². The largest absolute Gasteiger partial charge is 0.347 e.